The van der Waals surface area contributed by atoms with Gasteiger partial charge in [-0.2, -0.15) is 0 Å². The Kier molecular flexibility index (Phi) is 3.68. The topological polar surface area (TPSA) is 39.9 Å². The van der Waals surface area contributed by atoms with Crippen LogP contribution in [0.1, 0.15) is 24.8 Å². The molecule has 0 amide bonds. The van der Waals surface area contributed by atoms with Gasteiger partial charge in [-0.05, 0) is 32.0 Å². The lowest BCUT2D eigenvalue weighted by Crippen LogP contribution is -2.45. The molecule has 2 aliphatic heterocycles. The van der Waals surface area contributed by atoms with Crippen molar-refractivity contribution in [2.75, 3.05) is 26.2 Å². The Bertz CT molecular complexity index is 360. The van der Waals surface area contributed by atoms with E-state index in [1.54, 1.807) is 12.5 Å². The summed E-state index contributed by atoms with van der Waals surface area (Å²) in [4.78, 5) is 4.80. The standard InChI is InChI=1S/C14H22N2O2/c17-14-10-15(8-12-4-7-18-11-12)9-13(14)16-5-2-1-3-6-16/h4,7,11,13-14,17H,1-3,5-6,8-10H2/t13-,14-/m1/s1. The van der Waals surface area contributed by atoms with Crippen LogP contribution in [0.15, 0.2) is 23.0 Å². The Morgan fingerprint density at radius 2 is 2.06 bits per heavy atom. The van der Waals surface area contributed by atoms with Crippen LogP contribution in [-0.4, -0.2) is 53.2 Å². The molecule has 4 nitrogen and oxygen atoms in total. The van der Waals surface area contributed by atoms with Gasteiger partial charge in [0, 0.05) is 31.2 Å². The molecular weight excluding hydrogens is 228 g/mol. The van der Waals surface area contributed by atoms with Crippen molar-refractivity contribution in [3.63, 3.8) is 0 Å². The van der Waals surface area contributed by atoms with E-state index in [2.05, 4.69) is 9.80 Å². The second kappa shape index (κ2) is 5.43. The molecule has 2 aliphatic rings. The maximum atomic E-state index is 10.2. The molecule has 3 rings (SSSR count). The molecule has 2 fully saturated rings. The Hall–Kier alpha value is -0.840. The summed E-state index contributed by atoms with van der Waals surface area (Å²) in [5, 5.41) is 10.2. The molecule has 100 valence electrons. The van der Waals surface area contributed by atoms with Gasteiger partial charge in [0.05, 0.1) is 18.6 Å². The minimum absolute atomic E-state index is 0.199. The van der Waals surface area contributed by atoms with E-state index in [0.29, 0.717) is 6.04 Å². The minimum Gasteiger partial charge on any atom is -0.472 e. The Balaban J connectivity index is 1.57. The van der Waals surface area contributed by atoms with Gasteiger partial charge in [0.15, 0.2) is 0 Å². The van der Waals surface area contributed by atoms with Crippen LogP contribution in [0.5, 0.6) is 0 Å². The van der Waals surface area contributed by atoms with Gasteiger partial charge < -0.3 is 9.52 Å². The van der Waals surface area contributed by atoms with E-state index in [4.69, 9.17) is 4.42 Å². The number of aliphatic hydroxyl groups is 1. The van der Waals surface area contributed by atoms with Crippen LogP contribution in [-0.2, 0) is 6.54 Å². The summed E-state index contributed by atoms with van der Waals surface area (Å²) in [6.07, 6.45) is 7.22. The molecule has 2 atom stereocenters. The quantitative estimate of drug-likeness (QED) is 0.878. The number of hydrogen-bond donors (Lipinski definition) is 1. The van der Waals surface area contributed by atoms with Crippen LogP contribution in [0.25, 0.3) is 0 Å². The summed E-state index contributed by atoms with van der Waals surface area (Å²) in [5.41, 5.74) is 1.20. The fraction of sp³-hybridized carbons (Fsp3) is 0.714. The third kappa shape index (κ3) is 2.60. The Morgan fingerprint density at radius 3 is 2.78 bits per heavy atom. The van der Waals surface area contributed by atoms with Gasteiger partial charge in [-0.15, -0.1) is 0 Å². The molecule has 1 aromatic rings. The molecular formula is C14H22N2O2. The lowest BCUT2D eigenvalue weighted by atomic mass is 10.1. The lowest BCUT2D eigenvalue weighted by molar-refractivity contribution is 0.0706. The van der Waals surface area contributed by atoms with Crippen LogP contribution in [0.3, 0.4) is 0 Å². The summed E-state index contributed by atoms with van der Waals surface area (Å²) in [7, 11) is 0. The predicted octanol–water partition coefficient (Wildman–Crippen LogP) is 1.31. The van der Waals surface area contributed by atoms with Crippen molar-refractivity contribution in [3.8, 4) is 0 Å². The normalized spacial score (nSPS) is 30.9. The molecule has 4 heteroatoms. The molecule has 0 unspecified atom stereocenters. The zero-order valence-corrected chi connectivity index (χ0v) is 10.8. The molecule has 0 radical (unpaired) electrons. The fourth-order valence-corrected chi connectivity index (χ4v) is 3.23. The number of nitrogens with zero attached hydrogens (tertiary/aromatic N) is 2. The van der Waals surface area contributed by atoms with E-state index >= 15 is 0 Å². The van der Waals surface area contributed by atoms with Gasteiger partial charge in [-0.25, -0.2) is 0 Å². The van der Waals surface area contributed by atoms with Crippen molar-refractivity contribution in [1.29, 1.82) is 0 Å². The molecule has 3 heterocycles. The van der Waals surface area contributed by atoms with Crippen molar-refractivity contribution in [2.45, 2.75) is 38.0 Å². The van der Waals surface area contributed by atoms with Crippen molar-refractivity contribution in [1.82, 2.24) is 9.80 Å². The highest BCUT2D eigenvalue weighted by atomic mass is 16.3. The number of piperidine rings is 1. The highest BCUT2D eigenvalue weighted by Gasteiger charge is 2.35. The maximum Gasteiger partial charge on any atom is 0.0947 e. The maximum absolute atomic E-state index is 10.2. The average molecular weight is 250 g/mol. The lowest BCUT2D eigenvalue weighted by Gasteiger charge is -2.33. The number of furan rings is 1. The SMILES string of the molecule is O[C@@H]1CN(Cc2ccoc2)C[C@H]1N1CCCCC1. The van der Waals surface area contributed by atoms with Crippen molar-refractivity contribution < 1.29 is 9.52 Å². The van der Waals surface area contributed by atoms with E-state index in [1.165, 1.54) is 24.8 Å². The van der Waals surface area contributed by atoms with Crippen LogP contribution in [0.4, 0.5) is 0 Å². The average Bonchev–Trinajstić information content (AvgIpc) is 3.01. The number of hydrogen-bond acceptors (Lipinski definition) is 4. The van der Waals surface area contributed by atoms with Gasteiger partial charge in [0.25, 0.3) is 0 Å². The highest BCUT2D eigenvalue weighted by molar-refractivity contribution is 5.06. The van der Waals surface area contributed by atoms with E-state index in [9.17, 15) is 5.11 Å². The van der Waals surface area contributed by atoms with Gasteiger partial charge in [0.2, 0.25) is 0 Å². The highest BCUT2D eigenvalue weighted by Crippen LogP contribution is 2.22. The summed E-state index contributed by atoms with van der Waals surface area (Å²) >= 11 is 0. The first kappa shape index (κ1) is 12.2. The third-order valence-corrected chi connectivity index (χ3v) is 4.18. The Labute approximate surface area is 108 Å². The zero-order valence-electron chi connectivity index (χ0n) is 10.8. The third-order valence-electron chi connectivity index (χ3n) is 4.18. The molecule has 2 saturated heterocycles. The van der Waals surface area contributed by atoms with Crippen molar-refractivity contribution >= 4 is 0 Å². The van der Waals surface area contributed by atoms with Gasteiger partial charge >= 0.3 is 0 Å². The fourth-order valence-electron chi connectivity index (χ4n) is 3.23. The minimum atomic E-state index is -0.199. The number of likely N-dealkylation sites (tertiary alicyclic amines) is 2. The van der Waals surface area contributed by atoms with Crippen molar-refractivity contribution in [2.24, 2.45) is 0 Å². The molecule has 1 N–H and O–H groups in total. The molecule has 18 heavy (non-hydrogen) atoms. The smallest absolute Gasteiger partial charge is 0.0947 e. The van der Waals surface area contributed by atoms with Gasteiger partial charge in [-0.1, -0.05) is 6.42 Å². The van der Waals surface area contributed by atoms with Gasteiger partial charge in [-0.3, -0.25) is 9.80 Å². The van der Waals surface area contributed by atoms with E-state index in [-0.39, 0.29) is 6.10 Å². The van der Waals surface area contributed by atoms with E-state index in [1.807, 2.05) is 6.07 Å². The summed E-state index contributed by atoms with van der Waals surface area (Å²) < 4.78 is 5.10. The molecule has 0 bridgehead atoms. The van der Waals surface area contributed by atoms with E-state index < -0.39 is 0 Å². The number of rotatable bonds is 3. The first-order chi connectivity index (χ1) is 8.83. The monoisotopic (exact) mass is 250 g/mol. The predicted molar refractivity (Wildman–Crippen MR) is 69.2 cm³/mol. The largest absolute Gasteiger partial charge is 0.472 e. The molecule has 0 aliphatic carbocycles. The molecule has 0 spiro atoms. The van der Waals surface area contributed by atoms with Crippen LogP contribution in [0.2, 0.25) is 0 Å². The van der Waals surface area contributed by atoms with Crippen LogP contribution >= 0.6 is 0 Å². The molecule has 1 aromatic heterocycles. The molecule has 0 saturated carbocycles. The van der Waals surface area contributed by atoms with Crippen LogP contribution in [0, 0.1) is 0 Å². The Morgan fingerprint density at radius 1 is 1.22 bits per heavy atom. The van der Waals surface area contributed by atoms with E-state index in [0.717, 1.165) is 32.7 Å². The second-order valence-corrected chi connectivity index (χ2v) is 5.56. The van der Waals surface area contributed by atoms with Gasteiger partial charge in [0.1, 0.15) is 0 Å². The number of aliphatic hydroxyl groups excluding tert-OH is 1. The second-order valence-electron chi connectivity index (χ2n) is 5.56. The van der Waals surface area contributed by atoms with Crippen molar-refractivity contribution in [3.05, 3.63) is 24.2 Å². The first-order valence-electron chi connectivity index (χ1n) is 6.98. The van der Waals surface area contributed by atoms with Crippen LogP contribution < -0.4 is 0 Å². The summed E-state index contributed by atoms with van der Waals surface area (Å²) in [6.45, 7) is 4.96. The number of β-amino-alcohol motifs (C(OH)–C–C–N with tert-alkyl or cyclic N) is 1. The zero-order chi connectivity index (χ0) is 12.4. The first-order valence-corrected chi connectivity index (χ1v) is 6.98. The summed E-state index contributed by atoms with van der Waals surface area (Å²) in [6, 6.07) is 2.33. The summed E-state index contributed by atoms with van der Waals surface area (Å²) in [5.74, 6) is 0. The molecule has 0 aromatic carbocycles.